The van der Waals surface area contributed by atoms with E-state index in [2.05, 4.69) is 0 Å². The largest absolute Gasteiger partial charge is 0.356 e. The summed E-state index contributed by atoms with van der Waals surface area (Å²) in [6, 6.07) is 0. The zero-order chi connectivity index (χ0) is 10.6. The number of rotatable bonds is 1. The van der Waals surface area contributed by atoms with Crippen LogP contribution in [0.25, 0.3) is 0 Å². The van der Waals surface area contributed by atoms with Crippen LogP contribution in [0.4, 0.5) is 0 Å². The molecule has 86 valence electrons. The Hall–Kier alpha value is -0.160. The van der Waals surface area contributed by atoms with Crippen molar-refractivity contribution in [1.29, 1.82) is 0 Å². The van der Waals surface area contributed by atoms with Crippen LogP contribution in [0, 0.1) is 5.92 Å². The number of methoxy groups -OCH3 is 1. The summed E-state index contributed by atoms with van der Waals surface area (Å²) >= 11 is 0. The molecule has 0 radical (unpaired) electrons. The van der Waals surface area contributed by atoms with Crippen molar-refractivity contribution in [3.05, 3.63) is 0 Å². The van der Waals surface area contributed by atoms with Crippen molar-refractivity contribution >= 4 is 0 Å². The number of fused-ring (bicyclic) bond motifs is 3. The van der Waals surface area contributed by atoms with Crippen LogP contribution in [-0.4, -0.2) is 37.5 Å². The molecule has 0 unspecified atom stereocenters. The minimum atomic E-state index is -0.425. The maximum Gasteiger partial charge on any atom is 0.163 e. The van der Waals surface area contributed by atoms with E-state index in [1.54, 1.807) is 7.11 Å². The van der Waals surface area contributed by atoms with E-state index < -0.39 is 5.79 Å². The van der Waals surface area contributed by atoms with Gasteiger partial charge in [-0.25, -0.2) is 0 Å². The smallest absolute Gasteiger partial charge is 0.163 e. The van der Waals surface area contributed by atoms with Gasteiger partial charge in [0, 0.05) is 25.9 Å². The average molecular weight is 214 g/mol. The fraction of sp³-hybridized carbons (Fsp3) is 1.00. The molecule has 4 nitrogen and oxygen atoms in total. The Morgan fingerprint density at radius 1 is 1.13 bits per heavy atom. The zero-order valence-electron chi connectivity index (χ0n) is 9.43. The standard InChI is InChI=1S/C11H18O4/c1-11(2)14-8-5-7-6(10(8)15-11)4-9(12-3)13-7/h6-10H,4-5H2,1-3H3/t6-,7-,8-,9+,10+/m1/s1. The van der Waals surface area contributed by atoms with Gasteiger partial charge in [0.05, 0.1) is 18.3 Å². The monoisotopic (exact) mass is 214 g/mol. The molecule has 0 bridgehead atoms. The minimum absolute atomic E-state index is 0.0479. The first-order valence-electron chi connectivity index (χ1n) is 5.63. The first-order valence-corrected chi connectivity index (χ1v) is 5.63. The molecule has 0 amide bonds. The normalized spacial score (nSPS) is 51.8. The summed E-state index contributed by atoms with van der Waals surface area (Å²) in [5, 5.41) is 0. The van der Waals surface area contributed by atoms with Crippen LogP contribution in [0.15, 0.2) is 0 Å². The van der Waals surface area contributed by atoms with Crippen LogP contribution in [0.5, 0.6) is 0 Å². The Morgan fingerprint density at radius 2 is 1.93 bits per heavy atom. The highest BCUT2D eigenvalue weighted by molar-refractivity contribution is 5.01. The molecule has 1 aliphatic carbocycles. The average Bonchev–Trinajstić information content (AvgIpc) is 2.72. The highest BCUT2D eigenvalue weighted by atomic mass is 16.8. The van der Waals surface area contributed by atoms with E-state index in [0.717, 1.165) is 12.8 Å². The first-order chi connectivity index (χ1) is 7.09. The zero-order valence-corrected chi connectivity index (χ0v) is 9.43. The van der Waals surface area contributed by atoms with Gasteiger partial charge in [-0.3, -0.25) is 0 Å². The van der Waals surface area contributed by atoms with Crippen molar-refractivity contribution < 1.29 is 18.9 Å². The Morgan fingerprint density at radius 3 is 2.67 bits per heavy atom. The molecular weight excluding hydrogens is 196 g/mol. The Bertz CT molecular complexity index is 265. The van der Waals surface area contributed by atoms with Gasteiger partial charge in [0.15, 0.2) is 12.1 Å². The molecule has 15 heavy (non-hydrogen) atoms. The fourth-order valence-electron chi connectivity index (χ4n) is 3.09. The van der Waals surface area contributed by atoms with Gasteiger partial charge in [-0.15, -0.1) is 0 Å². The molecule has 0 N–H and O–H groups in total. The maximum atomic E-state index is 5.92. The molecule has 4 heteroatoms. The van der Waals surface area contributed by atoms with E-state index in [4.69, 9.17) is 18.9 Å². The van der Waals surface area contributed by atoms with E-state index in [1.807, 2.05) is 13.8 Å². The lowest BCUT2D eigenvalue weighted by molar-refractivity contribution is -0.166. The van der Waals surface area contributed by atoms with Crippen molar-refractivity contribution in [2.75, 3.05) is 7.11 Å². The Balaban J connectivity index is 1.73. The predicted molar refractivity (Wildman–Crippen MR) is 52.2 cm³/mol. The second-order valence-electron chi connectivity index (χ2n) is 5.11. The van der Waals surface area contributed by atoms with E-state index in [9.17, 15) is 0 Å². The molecule has 0 aromatic rings. The summed E-state index contributed by atoms with van der Waals surface area (Å²) in [5.74, 6) is 0.0209. The van der Waals surface area contributed by atoms with Crippen LogP contribution >= 0.6 is 0 Å². The van der Waals surface area contributed by atoms with E-state index in [1.165, 1.54) is 0 Å². The van der Waals surface area contributed by atoms with Crippen LogP contribution in [0.1, 0.15) is 26.7 Å². The Labute approximate surface area is 89.8 Å². The summed E-state index contributed by atoms with van der Waals surface area (Å²) in [4.78, 5) is 0. The number of hydrogen-bond acceptors (Lipinski definition) is 4. The first kappa shape index (κ1) is 10.0. The summed E-state index contributed by atoms with van der Waals surface area (Å²) < 4.78 is 22.7. The maximum absolute atomic E-state index is 5.92. The van der Waals surface area contributed by atoms with Gasteiger partial charge in [-0.2, -0.15) is 0 Å². The van der Waals surface area contributed by atoms with Gasteiger partial charge in [0.2, 0.25) is 0 Å². The predicted octanol–water partition coefficient (Wildman–Crippen LogP) is 1.29. The minimum Gasteiger partial charge on any atom is -0.356 e. The molecule has 3 fully saturated rings. The molecule has 0 spiro atoms. The SMILES string of the molecule is CO[C@@H]1C[C@H]2[C@@H]3OC(C)(C)O[C@@H]3C[C@H]2O1. The van der Waals surface area contributed by atoms with Crippen molar-refractivity contribution in [3.8, 4) is 0 Å². The van der Waals surface area contributed by atoms with E-state index in [0.29, 0.717) is 5.92 Å². The van der Waals surface area contributed by atoms with Gasteiger partial charge in [0.25, 0.3) is 0 Å². The molecule has 3 aliphatic rings. The molecule has 0 aromatic heterocycles. The van der Waals surface area contributed by atoms with Gasteiger partial charge in [-0.05, 0) is 13.8 Å². The van der Waals surface area contributed by atoms with Crippen LogP contribution < -0.4 is 0 Å². The Kier molecular flexibility index (Phi) is 2.12. The fourth-order valence-corrected chi connectivity index (χ4v) is 3.09. The highest BCUT2D eigenvalue weighted by Gasteiger charge is 2.57. The van der Waals surface area contributed by atoms with Crippen molar-refractivity contribution in [2.45, 2.75) is 57.1 Å². The quantitative estimate of drug-likeness (QED) is 0.659. The summed E-state index contributed by atoms with van der Waals surface area (Å²) in [5.41, 5.74) is 0. The van der Waals surface area contributed by atoms with Crippen molar-refractivity contribution in [2.24, 2.45) is 5.92 Å². The molecule has 1 saturated carbocycles. The van der Waals surface area contributed by atoms with Crippen LogP contribution in [0.3, 0.4) is 0 Å². The third kappa shape index (κ3) is 1.51. The van der Waals surface area contributed by atoms with Gasteiger partial charge in [-0.1, -0.05) is 0 Å². The second-order valence-corrected chi connectivity index (χ2v) is 5.11. The van der Waals surface area contributed by atoms with Crippen molar-refractivity contribution in [1.82, 2.24) is 0 Å². The number of ether oxygens (including phenoxy) is 4. The third-order valence-corrected chi connectivity index (χ3v) is 3.64. The van der Waals surface area contributed by atoms with Gasteiger partial charge in [0.1, 0.15) is 0 Å². The van der Waals surface area contributed by atoms with Crippen LogP contribution in [-0.2, 0) is 18.9 Å². The van der Waals surface area contributed by atoms with Gasteiger partial charge >= 0.3 is 0 Å². The molecule has 0 aromatic carbocycles. The van der Waals surface area contributed by atoms with E-state index >= 15 is 0 Å². The molecule has 2 heterocycles. The van der Waals surface area contributed by atoms with Crippen molar-refractivity contribution in [3.63, 3.8) is 0 Å². The van der Waals surface area contributed by atoms with Crippen LogP contribution in [0.2, 0.25) is 0 Å². The van der Waals surface area contributed by atoms with E-state index in [-0.39, 0.29) is 24.6 Å². The third-order valence-electron chi connectivity index (χ3n) is 3.64. The lowest BCUT2D eigenvalue weighted by Gasteiger charge is -2.21. The number of hydrogen-bond donors (Lipinski definition) is 0. The molecule has 2 saturated heterocycles. The lowest BCUT2D eigenvalue weighted by atomic mass is 10.0. The second kappa shape index (κ2) is 3.17. The molecular formula is C11H18O4. The summed E-state index contributed by atoms with van der Waals surface area (Å²) in [7, 11) is 1.69. The summed E-state index contributed by atoms with van der Waals surface area (Å²) in [6.45, 7) is 3.95. The summed E-state index contributed by atoms with van der Waals surface area (Å²) in [6.07, 6.45) is 2.51. The highest BCUT2D eigenvalue weighted by Crippen LogP contribution is 2.48. The lowest BCUT2D eigenvalue weighted by Crippen LogP contribution is -2.27. The molecule has 3 rings (SSSR count). The molecule has 2 aliphatic heterocycles. The topological polar surface area (TPSA) is 36.9 Å². The molecule has 5 atom stereocenters. The van der Waals surface area contributed by atoms with Gasteiger partial charge < -0.3 is 18.9 Å².